The van der Waals surface area contributed by atoms with Gasteiger partial charge in [-0.05, 0) is 31.4 Å². The van der Waals surface area contributed by atoms with E-state index in [4.69, 9.17) is 0 Å². The lowest BCUT2D eigenvalue weighted by atomic mass is 9.83. The van der Waals surface area contributed by atoms with Gasteiger partial charge in [-0.1, -0.05) is 13.0 Å². The van der Waals surface area contributed by atoms with Gasteiger partial charge in [0.25, 0.3) is 5.69 Å². The molecule has 2 heterocycles. The van der Waals surface area contributed by atoms with Crippen LogP contribution in [0.3, 0.4) is 0 Å². The molecule has 7 heteroatoms. The molecule has 2 aliphatic rings. The molecule has 0 spiro atoms. The monoisotopic (exact) mass is 333 g/mol. The highest BCUT2D eigenvalue weighted by atomic mass is 16.6. The van der Waals surface area contributed by atoms with Crippen LogP contribution in [0.2, 0.25) is 0 Å². The van der Waals surface area contributed by atoms with Crippen molar-refractivity contribution in [1.82, 2.24) is 4.90 Å². The van der Waals surface area contributed by atoms with Crippen LogP contribution in [-0.4, -0.2) is 53.6 Å². The maximum absolute atomic E-state index is 12.7. The molecule has 0 saturated carbocycles. The number of non-ortho nitro benzene ring substituents is 1. The second kappa shape index (κ2) is 6.49. The first kappa shape index (κ1) is 16.9. The lowest BCUT2D eigenvalue weighted by molar-refractivity contribution is -0.384. The van der Waals surface area contributed by atoms with E-state index < -0.39 is 4.92 Å². The Balaban J connectivity index is 1.71. The van der Waals surface area contributed by atoms with E-state index in [1.807, 2.05) is 6.92 Å². The zero-order valence-electron chi connectivity index (χ0n) is 13.9. The quantitative estimate of drug-likeness (QED) is 0.668. The number of nitro benzene ring substituents is 1. The van der Waals surface area contributed by atoms with Gasteiger partial charge in [0, 0.05) is 37.2 Å². The maximum atomic E-state index is 12.7. The number of likely N-dealkylation sites (tertiary alicyclic amines) is 1. The van der Waals surface area contributed by atoms with E-state index in [1.54, 1.807) is 11.0 Å². The minimum absolute atomic E-state index is 0.0132. The van der Waals surface area contributed by atoms with Crippen molar-refractivity contribution in [2.24, 2.45) is 5.41 Å². The van der Waals surface area contributed by atoms with Gasteiger partial charge in [-0.2, -0.15) is 0 Å². The van der Waals surface area contributed by atoms with Gasteiger partial charge in [0.2, 0.25) is 5.91 Å². The zero-order chi connectivity index (χ0) is 17.3. The zero-order valence-corrected chi connectivity index (χ0v) is 13.9. The average Bonchev–Trinajstić information content (AvgIpc) is 2.98. The Labute approximate surface area is 141 Å². The van der Waals surface area contributed by atoms with Crippen LogP contribution in [-0.2, 0) is 11.2 Å². The van der Waals surface area contributed by atoms with Crippen LogP contribution >= 0.6 is 0 Å². The largest absolute Gasteiger partial charge is 0.396 e. The van der Waals surface area contributed by atoms with Crippen molar-refractivity contribution in [2.45, 2.75) is 26.2 Å². The summed E-state index contributed by atoms with van der Waals surface area (Å²) in [6.45, 7) is 4.56. The first-order valence-electron chi connectivity index (χ1n) is 8.33. The van der Waals surface area contributed by atoms with Crippen LogP contribution < -0.4 is 4.90 Å². The summed E-state index contributed by atoms with van der Waals surface area (Å²) in [7, 11) is 0. The molecule has 1 saturated heterocycles. The number of hydrogen-bond donors (Lipinski definition) is 1. The SMILES string of the molecule is CC1(CO)CCCN(CC(=O)N2CCc3ccc([N+](=O)[O-])cc32)C1. The summed E-state index contributed by atoms with van der Waals surface area (Å²) in [5.74, 6) is -0.0311. The predicted molar refractivity (Wildman–Crippen MR) is 90.0 cm³/mol. The van der Waals surface area contributed by atoms with Crippen LogP contribution in [0.5, 0.6) is 0 Å². The van der Waals surface area contributed by atoms with Crippen LogP contribution in [0.25, 0.3) is 0 Å². The third-order valence-corrected chi connectivity index (χ3v) is 5.08. The number of amides is 1. The Bertz CT molecular complexity index is 663. The Morgan fingerprint density at radius 2 is 2.21 bits per heavy atom. The summed E-state index contributed by atoms with van der Waals surface area (Å²) in [6, 6.07) is 4.73. The molecule has 0 bridgehead atoms. The molecule has 1 fully saturated rings. The van der Waals surface area contributed by atoms with Gasteiger partial charge in [-0.25, -0.2) is 0 Å². The van der Waals surface area contributed by atoms with Crippen LogP contribution in [0.1, 0.15) is 25.3 Å². The maximum Gasteiger partial charge on any atom is 0.271 e. The van der Waals surface area contributed by atoms with E-state index in [0.29, 0.717) is 18.8 Å². The number of fused-ring (bicyclic) bond motifs is 1. The molecule has 0 aliphatic carbocycles. The van der Waals surface area contributed by atoms with Crippen molar-refractivity contribution < 1.29 is 14.8 Å². The third-order valence-electron chi connectivity index (χ3n) is 5.08. The minimum atomic E-state index is -0.432. The van der Waals surface area contributed by atoms with E-state index in [1.165, 1.54) is 12.1 Å². The second-order valence-electron chi connectivity index (χ2n) is 7.15. The number of aliphatic hydroxyl groups is 1. The molecule has 1 aromatic carbocycles. The number of hydrogen-bond acceptors (Lipinski definition) is 5. The van der Waals surface area contributed by atoms with Crippen LogP contribution in [0.4, 0.5) is 11.4 Å². The Morgan fingerprint density at radius 3 is 2.92 bits per heavy atom. The van der Waals surface area contributed by atoms with E-state index >= 15 is 0 Å². The summed E-state index contributed by atoms with van der Waals surface area (Å²) >= 11 is 0. The molecule has 24 heavy (non-hydrogen) atoms. The highest BCUT2D eigenvalue weighted by Gasteiger charge is 2.33. The number of nitrogens with zero attached hydrogens (tertiary/aromatic N) is 3. The van der Waals surface area contributed by atoms with Crippen molar-refractivity contribution in [3.63, 3.8) is 0 Å². The third kappa shape index (κ3) is 3.27. The fourth-order valence-electron chi connectivity index (χ4n) is 3.71. The van der Waals surface area contributed by atoms with E-state index in [0.717, 1.165) is 31.4 Å². The van der Waals surface area contributed by atoms with Gasteiger partial charge in [0.15, 0.2) is 0 Å². The highest BCUT2D eigenvalue weighted by molar-refractivity contribution is 5.97. The molecule has 1 N–H and O–H groups in total. The number of nitro groups is 1. The molecule has 1 atom stereocenters. The lowest BCUT2D eigenvalue weighted by Gasteiger charge is -2.39. The lowest BCUT2D eigenvalue weighted by Crippen LogP contribution is -2.48. The van der Waals surface area contributed by atoms with E-state index in [9.17, 15) is 20.0 Å². The number of anilines is 1. The van der Waals surface area contributed by atoms with Gasteiger partial charge in [0.05, 0.1) is 17.2 Å². The Kier molecular flexibility index (Phi) is 4.56. The summed E-state index contributed by atoms with van der Waals surface area (Å²) in [5.41, 5.74) is 1.50. The van der Waals surface area contributed by atoms with E-state index in [-0.39, 0.29) is 30.2 Å². The topological polar surface area (TPSA) is 86.9 Å². The minimum Gasteiger partial charge on any atom is -0.396 e. The standard InChI is InChI=1S/C17H23N3O4/c1-17(12-21)6-2-7-18(11-17)10-16(22)19-8-5-13-3-4-14(20(23)24)9-15(13)19/h3-4,9,21H,2,5-8,10-12H2,1H3. The molecule has 0 aromatic heterocycles. The number of rotatable bonds is 4. The smallest absolute Gasteiger partial charge is 0.271 e. The van der Waals surface area contributed by atoms with E-state index in [2.05, 4.69) is 4.90 Å². The van der Waals surface area contributed by atoms with Crippen molar-refractivity contribution >= 4 is 17.3 Å². The first-order chi connectivity index (χ1) is 11.4. The molecule has 7 nitrogen and oxygen atoms in total. The fraction of sp³-hybridized carbons (Fsp3) is 0.588. The molecule has 1 unspecified atom stereocenters. The number of carbonyl (C=O) groups excluding carboxylic acids is 1. The van der Waals surface area contributed by atoms with Crippen molar-refractivity contribution in [3.05, 3.63) is 33.9 Å². The fourth-order valence-corrected chi connectivity index (χ4v) is 3.71. The Morgan fingerprint density at radius 1 is 1.42 bits per heavy atom. The molecule has 0 radical (unpaired) electrons. The molecular weight excluding hydrogens is 310 g/mol. The van der Waals surface area contributed by atoms with Crippen LogP contribution in [0.15, 0.2) is 18.2 Å². The molecule has 3 rings (SSSR count). The number of aliphatic hydroxyl groups excluding tert-OH is 1. The van der Waals surface area contributed by atoms with Gasteiger partial charge < -0.3 is 10.0 Å². The van der Waals surface area contributed by atoms with Gasteiger partial charge in [0.1, 0.15) is 0 Å². The van der Waals surface area contributed by atoms with Gasteiger partial charge in [-0.3, -0.25) is 19.8 Å². The summed E-state index contributed by atoms with van der Waals surface area (Å²) in [6.07, 6.45) is 2.66. The molecule has 2 aliphatic heterocycles. The van der Waals surface area contributed by atoms with Gasteiger partial charge >= 0.3 is 0 Å². The molecule has 130 valence electrons. The normalized spacial score (nSPS) is 24.0. The predicted octanol–water partition coefficient (Wildman–Crippen LogP) is 1.58. The van der Waals surface area contributed by atoms with Crippen molar-refractivity contribution in [3.8, 4) is 0 Å². The summed E-state index contributed by atoms with van der Waals surface area (Å²) in [5, 5.41) is 20.5. The van der Waals surface area contributed by atoms with Gasteiger partial charge in [-0.15, -0.1) is 0 Å². The summed E-state index contributed by atoms with van der Waals surface area (Å²) in [4.78, 5) is 27.0. The summed E-state index contributed by atoms with van der Waals surface area (Å²) < 4.78 is 0. The molecule has 1 aromatic rings. The number of piperidine rings is 1. The molecule has 1 amide bonds. The average molecular weight is 333 g/mol. The Hall–Kier alpha value is -1.99. The first-order valence-corrected chi connectivity index (χ1v) is 8.33. The van der Waals surface area contributed by atoms with Crippen LogP contribution in [0, 0.1) is 15.5 Å². The van der Waals surface area contributed by atoms with Crippen molar-refractivity contribution in [2.75, 3.05) is 37.7 Å². The number of benzene rings is 1. The number of carbonyl (C=O) groups is 1. The highest BCUT2D eigenvalue weighted by Crippen LogP contribution is 2.33. The van der Waals surface area contributed by atoms with Crippen molar-refractivity contribution in [1.29, 1.82) is 0 Å². The second-order valence-corrected chi connectivity index (χ2v) is 7.15. The molecular formula is C17H23N3O4.